The number of ether oxygens (including phenoxy) is 2. The van der Waals surface area contributed by atoms with Gasteiger partial charge in [-0.15, -0.1) is 0 Å². The Morgan fingerprint density at radius 1 is 0.855 bits per heavy atom. The van der Waals surface area contributed by atoms with Crippen molar-refractivity contribution in [2.75, 3.05) is 46.4 Å². The van der Waals surface area contributed by atoms with E-state index in [0.29, 0.717) is 51.3 Å². The van der Waals surface area contributed by atoms with Gasteiger partial charge in [-0.3, -0.25) is 24.0 Å². The molecule has 326 valence electrons. The average Bonchev–Trinajstić information content (AvgIpc) is 3.27. The van der Waals surface area contributed by atoms with E-state index in [0.717, 1.165) is 11.1 Å². The van der Waals surface area contributed by atoms with Crippen molar-refractivity contribution < 1.29 is 33.4 Å². The Balaban J connectivity index is 1.60. The van der Waals surface area contributed by atoms with E-state index in [2.05, 4.69) is 21.3 Å². The first kappa shape index (κ1) is 46.3. The quantitative estimate of drug-likeness (QED) is 0.0805. The summed E-state index contributed by atoms with van der Waals surface area (Å²) in [5.41, 5.74) is 22.5. The first-order chi connectivity index (χ1) is 29.9. The molecular formula is C46H55N9O7. The molecule has 5 amide bonds. The van der Waals surface area contributed by atoms with Crippen LogP contribution in [0.4, 0.5) is 0 Å². The third-order valence-corrected chi connectivity index (χ3v) is 10.4. The molecule has 4 bridgehead atoms. The van der Waals surface area contributed by atoms with Gasteiger partial charge in [-0.25, -0.2) is 0 Å². The normalized spacial score (nSPS) is 16.6. The smallest absolute Gasteiger partial charge is 0.252 e. The molecule has 0 aromatic heterocycles. The van der Waals surface area contributed by atoms with E-state index < -0.39 is 53.7 Å². The maximum absolute atomic E-state index is 14.7. The second-order valence-corrected chi connectivity index (χ2v) is 14.9. The number of benzene rings is 4. The number of nitrogens with two attached hydrogens (primary N) is 3. The molecule has 16 nitrogen and oxygen atoms in total. The van der Waals surface area contributed by atoms with Gasteiger partial charge in [0.2, 0.25) is 23.6 Å². The molecule has 10 N–H and O–H groups in total. The molecule has 0 spiro atoms. The Labute approximate surface area is 361 Å². The van der Waals surface area contributed by atoms with Crippen LogP contribution in [0.2, 0.25) is 0 Å². The topological polar surface area (TPSA) is 257 Å². The molecule has 0 unspecified atom stereocenters. The molecule has 1 aliphatic rings. The number of nitrogens with one attached hydrogen (secondary N) is 4. The summed E-state index contributed by atoms with van der Waals surface area (Å²) >= 11 is 0. The van der Waals surface area contributed by atoms with Crippen LogP contribution in [0.15, 0.2) is 84.9 Å². The number of nitrogens with zero attached hydrogens (tertiary/aromatic N) is 2. The second kappa shape index (κ2) is 22.2. The van der Waals surface area contributed by atoms with Crippen molar-refractivity contribution in [3.05, 3.63) is 107 Å². The van der Waals surface area contributed by atoms with Gasteiger partial charge in [0.15, 0.2) is 0 Å². The number of hydrogen-bond donors (Lipinski definition) is 7. The summed E-state index contributed by atoms with van der Waals surface area (Å²) in [6.07, 6.45) is 0.562. The molecule has 4 aromatic carbocycles. The highest BCUT2D eigenvalue weighted by atomic mass is 16.5. The molecule has 1 aliphatic heterocycles. The van der Waals surface area contributed by atoms with Gasteiger partial charge in [-0.2, -0.15) is 5.26 Å². The number of rotatable bonds is 16. The molecule has 0 saturated heterocycles. The number of fused-ring (bicyclic) bond motifs is 5. The molecule has 1 heterocycles. The highest BCUT2D eigenvalue weighted by Gasteiger charge is 2.36. The Morgan fingerprint density at radius 2 is 1.53 bits per heavy atom. The molecule has 0 radical (unpaired) electrons. The average molecular weight is 846 g/mol. The van der Waals surface area contributed by atoms with Crippen molar-refractivity contribution in [3.8, 4) is 39.8 Å². The summed E-state index contributed by atoms with van der Waals surface area (Å²) in [6, 6.07) is 22.5. The minimum atomic E-state index is -1.36. The molecule has 0 fully saturated rings. The molecule has 0 saturated carbocycles. The predicted octanol–water partition coefficient (Wildman–Crippen LogP) is 2.23. The van der Waals surface area contributed by atoms with Crippen LogP contribution in [0.5, 0.6) is 11.5 Å². The summed E-state index contributed by atoms with van der Waals surface area (Å²) in [5, 5.41) is 20.0. The SMILES string of the molecule is Cc1cc(-c2ccccc2)ccc1C(=O)N[C@@H](CCCN)C(=O)N(C)[C@@H]1C(=O)N[C@@H](C)C(=O)N[C@H](C(=O)NCC#N)Cc2ccc(OCCN)c(c2)-c2cc1ccc2OCCN. The lowest BCUT2D eigenvalue weighted by atomic mass is 9.93. The van der Waals surface area contributed by atoms with E-state index in [9.17, 15) is 24.0 Å². The molecular weight excluding hydrogens is 791 g/mol. The van der Waals surface area contributed by atoms with E-state index in [1.807, 2.05) is 55.5 Å². The Kier molecular flexibility index (Phi) is 16.5. The van der Waals surface area contributed by atoms with Crippen LogP contribution in [0.1, 0.15) is 52.9 Å². The van der Waals surface area contributed by atoms with Crippen LogP contribution in [-0.2, 0) is 25.6 Å². The molecule has 62 heavy (non-hydrogen) atoms. The zero-order valence-electron chi connectivity index (χ0n) is 35.2. The van der Waals surface area contributed by atoms with Crippen molar-refractivity contribution in [1.82, 2.24) is 26.2 Å². The van der Waals surface area contributed by atoms with Crippen molar-refractivity contribution >= 4 is 29.5 Å². The first-order valence-electron chi connectivity index (χ1n) is 20.5. The predicted molar refractivity (Wildman–Crippen MR) is 235 cm³/mol. The summed E-state index contributed by atoms with van der Waals surface area (Å²) < 4.78 is 12.2. The molecule has 16 heteroatoms. The lowest BCUT2D eigenvalue weighted by Gasteiger charge is -2.33. The zero-order chi connectivity index (χ0) is 44.8. The molecule has 5 rings (SSSR count). The number of likely N-dealkylation sites (N-methyl/N-ethyl adjacent to an activating group) is 1. The maximum Gasteiger partial charge on any atom is 0.252 e. The summed E-state index contributed by atoms with van der Waals surface area (Å²) in [5.74, 6) is -2.29. The zero-order valence-corrected chi connectivity index (χ0v) is 35.2. The van der Waals surface area contributed by atoms with Crippen molar-refractivity contribution in [2.24, 2.45) is 17.2 Å². The fraction of sp³-hybridized carbons (Fsp3) is 0.348. The molecule has 0 aliphatic carbocycles. The summed E-state index contributed by atoms with van der Waals surface area (Å²) in [6.45, 7) is 3.93. The van der Waals surface area contributed by atoms with E-state index in [1.54, 1.807) is 42.5 Å². The van der Waals surface area contributed by atoms with Crippen LogP contribution >= 0.6 is 0 Å². The van der Waals surface area contributed by atoms with Gasteiger partial charge in [0, 0.05) is 43.2 Å². The fourth-order valence-electron chi connectivity index (χ4n) is 7.25. The Bertz CT molecular complexity index is 2280. The van der Waals surface area contributed by atoms with Crippen LogP contribution in [0, 0.1) is 18.3 Å². The van der Waals surface area contributed by atoms with Crippen molar-refractivity contribution in [2.45, 2.75) is 57.3 Å². The summed E-state index contributed by atoms with van der Waals surface area (Å²) in [7, 11) is 1.45. The lowest BCUT2D eigenvalue weighted by Crippen LogP contribution is -2.56. The highest BCUT2D eigenvalue weighted by Crippen LogP contribution is 2.40. The van der Waals surface area contributed by atoms with E-state index in [-0.39, 0.29) is 52.2 Å². The number of carbonyl (C=O) groups excluding carboxylic acids is 5. The van der Waals surface area contributed by atoms with Gasteiger partial charge in [0.05, 0.1) is 6.07 Å². The van der Waals surface area contributed by atoms with Crippen molar-refractivity contribution in [3.63, 3.8) is 0 Å². The standard InChI is InChI=1S/C46H55N9O7/c1-28-24-32(31-8-5-4-6-9-31)12-14-34(28)43(57)53-37(10-7-17-47)46(60)55(3)41-33-13-16-40(62-23-20-50)36(27-33)35-25-30(11-15-39(35)61-22-19-49)26-38(44(58)51-21-18-48)54-42(56)29(2)52-45(41)59/h4-6,8-9,11-16,24-25,27,29,37-38,41H,7,10,17,19-23,26,47,49-50H2,1-3H3,(H,51,58)(H,52,59)(H,53,57)(H,54,56)/t29-,37-,38-,41-/m0/s1. The second-order valence-electron chi connectivity index (χ2n) is 14.9. The Morgan fingerprint density at radius 3 is 2.18 bits per heavy atom. The highest BCUT2D eigenvalue weighted by molar-refractivity contribution is 6.00. The van der Waals surface area contributed by atoms with Crippen LogP contribution in [0.3, 0.4) is 0 Å². The number of nitriles is 1. The lowest BCUT2D eigenvalue weighted by molar-refractivity contribution is -0.141. The Hall–Kier alpha value is -6.80. The van der Waals surface area contributed by atoms with Crippen LogP contribution in [0.25, 0.3) is 22.3 Å². The third kappa shape index (κ3) is 11.5. The third-order valence-electron chi connectivity index (χ3n) is 10.4. The minimum absolute atomic E-state index is 0.0129. The van der Waals surface area contributed by atoms with E-state index >= 15 is 0 Å². The van der Waals surface area contributed by atoms with Gasteiger partial charge < -0.3 is 52.8 Å². The number of carbonyl (C=O) groups is 5. The maximum atomic E-state index is 14.7. The van der Waals surface area contributed by atoms with E-state index in [1.165, 1.54) is 18.9 Å². The fourth-order valence-corrected chi connectivity index (χ4v) is 7.25. The van der Waals surface area contributed by atoms with Crippen LogP contribution < -0.4 is 47.9 Å². The summed E-state index contributed by atoms with van der Waals surface area (Å²) in [4.78, 5) is 71.4. The number of amides is 5. The molecule has 4 atom stereocenters. The first-order valence-corrected chi connectivity index (χ1v) is 20.5. The van der Waals surface area contributed by atoms with Gasteiger partial charge in [-0.1, -0.05) is 54.6 Å². The minimum Gasteiger partial charge on any atom is -0.492 e. The monoisotopic (exact) mass is 845 g/mol. The van der Waals surface area contributed by atoms with E-state index in [4.69, 9.17) is 31.9 Å². The van der Waals surface area contributed by atoms with Gasteiger partial charge >= 0.3 is 0 Å². The van der Waals surface area contributed by atoms with Gasteiger partial charge in [0.25, 0.3) is 5.91 Å². The number of hydrogen-bond acceptors (Lipinski definition) is 11. The largest absolute Gasteiger partial charge is 0.492 e. The van der Waals surface area contributed by atoms with Crippen molar-refractivity contribution in [1.29, 1.82) is 5.26 Å². The number of aryl methyl sites for hydroxylation is 1. The molecule has 4 aromatic rings. The van der Waals surface area contributed by atoms with Gasteiger partial charge in [0.1, 0.15) is 55.4 Å². The van der Waals surface area contributed by atoms with Crippen LogP contribution in [-0.4, -0.2) is 99.0 Å². The van der Waals surface area contributed by atoms with Gasteiger partial charge in [-0.05, 0) is 91.4 Å².